The maximum absolute atomic E-state index is 8.41. The zero-order chi connectivity index (χ0) is 19.6. The van der Waals surface area contributed by atoms with Gasteiger partial charge in [0.15, 0.2) is 8.32 Å². The van der Waals surface area contributed by atoms with Gasteiger partial charge in [-0.05, 0) is 43.8 Å². The number of alkyl halides is 2. The lowest BCUT2D eigenvalue weighted by Gasteiger charge is -2.36. The molecule has 154 valence electrons. The fourth-order valence-electron chi connectivity index (χ4n) is 2.01. The Hall–Kier alpha value is 1.10. The van der Waals surface area contributed by atoms with E-state index in [4.69, 9.17) is 9.53 Å². The van der Waals surface area contributed by atoms with Crippen molar-refractivity contribution in [3.63, 3.8) is 0 Å². The SMILES string of the molecule is CC(C)(C)[Si](C)(C)OCCCCCCCBr.OCCCCCCCBr. The van der Waals surface area contributed by atoms with Gasteiger partial charge in [-0.2, -0.15) is 0 Å². The fourth-order valence-corrected chi connectivity index (χ4v) is 3.89. The second kappa shape index (κ2) is 18.5. The third kappa shape index (κ3) is 19.7. The van der Waals surface area contributed by atoms with E-state index in [2.05, 4.69) is 65.7 Å². The Balaban J connectivity index is 0. The summed E-state index contributed by atoms with van der Waals surface area (Å²) in [5, 5.41) is 11.0. The highest BCUT2D eigenvalue weighted by atomic mass is 79.9. The molecule has 0 spiro atoms. The molecule has 0 aromatic rings. The third-order valence-corrected chi connectivity index (χ3v) is 10.5. The van der Waals surface area contributed by atoms with Crippen LogP contribution in [-0.2, 0) is 4.43 Å². The predicted octanol–water partition coefficient (Wildman–Crippen LogP) is 7.68. The van der Waals surface area contributed by atoms with Crippen molar-refractivity contribution >= 4 is 40.2 Å². The lowest BCUT2D eigenvalue weighted by Crippen LogP contribution is -2.40. The molecule has 0 atom stereocenters. The van der Waals surface area contributed by atoms with Gasteiger partial charge in [0.05, 0.1) is 0 Å². The van der Waals surface area contributed by atoms with Crippen molar-refractivity contribution in [3.8, 4) is 0 Å². The van der Waals surface area contributed by atoms with E-state index in [9.17, 15) is 0 Å². The summed E-state index contributed by atoms with van der Waals surface area (Å²) in [6, 6.07) is 0. The molecule has 0 saturated carbocycles. The maximum atomic E-state index is 8.41. The van der Waals surface area contributed by atoms with Gasteiger partial charge in [0, 0.05) is 23.9 Å². The summed E-state index contributed by atoms with van der Waals surface area (Å²) >= 11 is 6.83. The number of aliphatic hydroxyl groups is 1. The summed E-state index contributed by atoms with van der Waals surface area (Å²) in [6.07, 6.45) is 12.6. The van der Waals surface area contributed by atoms with Crippen molar-refractivity contribution in [3.05, 3.63) is 0 Å². The van der Waals surface area contributed by atoms with E-state index in [0.717, 1.165) is 23.7 Å². The molecule has 0 unspecified atom stereocenters. The molecule has 0 aromatic carbocycles. The Morgan fingerprint density at radius 2 is 1.12 bits per heavy atom. The van der Waals surface area contributed by atoms with Crippen LogP contribution in [0.15, 0.2) is 0 Å². The molecule has 0 aliphatic heterocycles. The van der Waals surface area contributed by atoms with Gasteiger partial charge in [0.2, 0.25) is 0 Å². The van der Waals surface area contributed by atoms with Crippen LogP contribution in [-0.4, -0.2) is 37.3 Å². The number of halogens is 2. The van der Waals surface area contributed by atoms with Crippen molar-refractivity contribution in [2.75, 3.05) is 23.9 Å². The van der Waals surface area contributed by atoms with Crippen molar-refractivity contribution in [1.82, 2.24) is 0 Å². The second-order valence-corrected chi connectivity index (χ2v) is 14.6. The average Bonchev–Trinajstić information content (AvgIpc) is 2.53. The molecule has 0 radical (unpaired) electrons. The monoisotopic (exact) mass is 502 g/mol. The maximum Gasteiger partial charge on any atom is 0.191 e. The summed E-state index contributed by atoms with van der Waals surface area (Å²) in [5.41, 5.74) is 0. The smallest absolute Gasteiger partial charge is 0.191 e. The molecular weight excluding hydrogens is 460 g/mol. The molecule has 0 aliphatic carbocycles. The summed E-state index contributed by atoms with van der Waals surface area (Å²) in [7, 11) is -1.49. The van der Waals surface area contributed by atoms with Gasteiger partial charge in [-0.1, -0.05) is 91.2 Å². The first-order valence-electron chi connectivity index (χ1n) is 10.1. The highest BCUT2D eigenvalue weighted by molar-refractivity contribution is 9.09. The largest absolute Gasteiger partial charge is 0.417 e. The van der Waals surface area contributed by atoms with Crippen LogP contribution in [0.5, 0.6) is 0 Å². The molecule has 5 heteroatoms. The standard InChI is InChI=1S/C13H29BrOSi.C7H15BrO/c1-13(2,3)16(4,5)15-12-10-8-6-7-9-11-14;8-6-4-2-1-3-5-7-9/h6-12H2,1-5H3;9H,1-7H2. The molecule has 0 heterocycles. The van der Waals surface area contributed by atoms with Gasteiger partial charge in [-0.3, -0.25) is 0 Å². The predicted molar refractivity (Wildman–Crippen MR) is 124 cm³/mol. The molecule has 0 saturated heterocycles. The van der Waals surface area contributed by atoms with Crippen molar-refractivity contribution in [1.29, 1.82) is 0 Å². The Kier molecular flexibility index (Phi) is 20.9. The number of aliphatic hydroxyl groups excluding tert-OH is 1. The molecule has 0 amide bonds. The fraction of sp³-hybridized carbons (Fsp3) is 1.00. The molecular formula is C20H44Br2O2Si. The van der Waals surface area contributed by atoms with Crippen LogP contribution < -0.4 is 0 Å². The molecule has 2 nitrogen and oxygen atoms in total. The van der Waals surface area contributed by atoms with Crippen LogP contribution in [0.3, 0.4) is 0 Å². The lowest BCUT2D eigenvalue weighted by atomic mass is 10.2. The second-order valence-electron chi connectivity index (χ2n) is 8.25. The van der Waals surface area contributed by atoms with Crippen LogP contribution in [0.1, 0.15) is 85.0 Å². The Labute approximate surface area is 176 Å². The highest BCUT2D eigenvalue weighted by Gasteiger charge is 2.36. The molecule has 25 heavy (non-hydrogen) atoms. The van der Waals surface area contributed by atoms with Crippen LogP contribution in [0.2, 0.25) is 18.1 Å². The van der Waals surface area contributed by atoms with Crippen molar-refractivity contribution in [2.45, 2.75) is 103 Å². The quantitative estimate of drug-likeness (QED) is 0.149. The third-order valence-electron chi connectivity index (χ3n) is 4.84. The summed E-state index contributed by atoms with van der Waals surface area (Å²) in [4.78, 5) is 0. The molecule has 0 bridgehead atoms. The number of rotatable bonds is 14. The van der Waals surface area contributed by atoms with E-state index in [1.165, 1.54) is 57.8 Å². The van der Waals surface area contributed by atoms with Gasteiger partial charge >= 0.3 is 0 Å². The van der Waals surface area contributed by atoms with E-state index >= 15 is 0 Å². The Morgan fingerprint density at radius 1 is 0.720 bits per heavy atom. The molecule has 0 fully saturated rings. The summed E-state index contributed by atoms with van der Waals surface area (Å²) in [6.45, 7) is 12.9. The van der Waals surface area contributed by atoms with Gasteiger partial charge < -0.3 is 9.53 Å². The van der Waals surface area contributed by atoms with Gasteiger partial charge in [-0.25, -0.2) is 0 Å². The minimum Gasteiger partial charge on any atom is -0.417 e. The van der Waals surface area contributed by atoms with E-state index in [1.54, 1.807) is 0 Å². The van der Waals surface area contributed by atoms with E-state index < -0.39 is 8.32 Å². The minimum atomic E-state index is -1.49. The first-order valence-corrected chi connectivity index (χ1v) is 15.2. The van der Waals surface area contributed by atoms with Crippen LogP contribution in [0, 0.1) is 0 Å². The zero-order valence-corrected chi connectivity index (χ0v) is 21.7. The Morgan fingerprint density at radius 3 is 1.52 bits per heavy atom. The summed E-state index contributed by atoms with van der Waals surface area (Å²) < 4.78 is 6.13. The van der Waals surface area contributed by atoms with E-state index in [0.29, 0.717) is 11.6 Å². The minimum absolute atomic E-state index is 0.350. The molecule has 1 N–H and O–H groups in total. The number of unbranched alkanes of at least 4 members (excludes halogenated alkanes) is 8. The lowest BCUT2D eigenvalue weighted by molar-refractivity contribution is 0.277. The first-order chi connectivity index (χ1) is 11.7. The number of hydrogen-bond donors (Lipinski definition) is 1. The normalized spacial score (nSPS) is 12.0. The van der Waals surface area contributed by atoms with Crippen LogP contribution in [0.4, 0.5) is 0 Å². The molecule has 0 aromatic heterocycles. The van der Waals surface area contributed by atoms with Crippen LogP contribution in [0.25, 0.3) is 0 Å². The van der Waals surface area contributed by atoms with Crippen LogP contribution >= 0.6 is 31.9 Å². The zero-order valence-electron chi connectivity index (χ0n) is 17.5. The number of hydrogen-bond acceptors (Lipinski definition) is 2. The Bertz CT molecular complexity index is 263. The highest BCUT2D eigenvalue weighted by Crippen LogP contribution is 2.36. The van der Waals surface area contributed by atoms with Gasteiger partial charge in [0.25, 0.3) is 0 Å². The topological polar surface area (TPSA) is 29.5 Å². The van der Waals surface area contributed by atoms with E-state index in [1.807, 2.05) is 0 Å². The summed E-state index contributed by atoms with van der Waals surface area (Å²) in [5.74, 6) is 0. The average molecular weight is 504 g/mol. The molecule has 0 aliphatic rings. The van der Waals surface area contributed by atoms with Gasteiger partial charge in [-0.15, -0.1) is 0 Å². The van der Waals surface area contributed by atoms with Crippen molar-refractivity contribution in [2.24, 2.45) is 0 Å². The van der Waals surface area contributed by atoms with Crippen molar-refractivity contribution < 1.29 is 9.53 Å². The first kappa shape index (κ1) is 28.3. The van der Waals surface area contributed by atoms with E-state index in [-0.39, 0.29) is 0 Å². The van der Waals surface area contributed by atoms with Gasteiger partial charge in [0.1, 0.15) is 0 Å². The molecule has 0 rings (SSSR count).